The molecule has 1 unspecified atom stereocenters. The van der Waals surface area contributed by atoms with Crippen LogP contribution in [0.3, 0.4) is 0 Å². The van der Waals surface area contributed by atoms with E-state index >= 15 is 0 Å². The second-order valence-corrected chi connectivity index (χ2v) is 5.80. The zero-order valence-electron chi connectivity index (χ0n) is 11.7. The van der Waals surface area contributed by atoms with Crippen LogP contribution in [0.5, 0.6) is 0 Å². The number of rotatable bonds is 3. The first-order valence-corrected chi connectivity index (χ1v) is 7.44. The number of hydrogen-bond donors (Lipinski definition) is 1. The average molecular weight is 261 g/mol. The summed E-state index contributed by atoms with van der Waals surface area (Å²) in [5.74, 6) is 2.32. The number of aryl methyl sites for hydroxylation is 1. The molecule has 19 heavy (non-hydrogen) atoms. The lowest BCUT2D eigenvalue weighted by Gasteiger charge is -2.22. The van der Waals surface area contributed by atoms with Gasteiger partial charge in [-0.15, -0.1) is 0 Å². The fraction of sp³-hybridized carbons (Fsp3) is 0.733. The highest BCUT2D eigenvalue weighted by atomic mass is 16.5. The van der Waals surface area contributed by atoms with Gasteiger partial charge in [0.1, 0.15) is 5.82 Å². The highest BCUT2D eigenvalue weighted by molar-refractivity contribution is 5.15. The first kappa shape index (κ1) is 13.0. The molecule has 104 valence electrons. The lowest BCUT2D eigenvalue weighted by Crippen LogP contribution is -2.17. The maximum atomic E-state index is 5.44. The quantitative estimate of drug-likeness (QED) is 0.902. The van der Waals surface area contributed by atoms with Crippen LogP contribution in [0.1, 0.15) is 42.4 Å². The summed E-state index contributed by atoms with van der Waals surface area (Å²) in [6.45, 7) is 6.08. The summed E-state index contributed by atoms with van der Waals surface area (Å²) in [4.78, 5) is 9.45. The second-order valence-electron chi connectivity index (χ2n) is 5.80. The summed E-state index contributed by atoms with van der Waals surface area (Å²) in [6.07, 6.45) is 4.47. The van der Waals surface area contributed by atoms with E-state index in [1.165, 1.54) is 12.1 Å². The molecule has 2 aliphatic rings. The molecule has 4 nitrogen and oxygen atoms in total. The van der Waals surface area contributed by atoms with Gasteiger partial charge in [-0.2, -0.15) is 0 Å². The van der Waals surface area contributed by atoms with Gasteiger partial charge in [0.05, 0.1) is 0 Å². The van der Waals surface area contributed by atoms with Crippen molar-refractivity contribution in [3.8, 4) is 0 Å². The van der Waals surface area contributed by atoms with Gasteiger partial charge in [0.15, 0.2) is 0 Å². The van der Waals surface area contributed by atoms with E-state index in [1.54, 1.807) is 0 Å². The molecular formula is C15H23N3O. The number of nitrogens with one attached hydrogen (secondary N) is 1. The van der Waals surface area contributed by atoms with Crippen LogP contribution in [0, 0.1) is 12.8 Å². The summed E-state index contributed by atoms with van der Waals surface area (Å²) in [5, 5.41) is 3.41. The molecule has 0 bridgehead atoms. The SMILES string of the molecule is Cc1cc(C2CCOCC2)nc(CC2CCNC2)n1. The van der Waals surface area contributed by atoms with Gasteiger partial charge in [-0.1, -0.05) is 0 Å². The zero-order valence-corrected chi connectivity index (χ0v) is 11.7. The molecule has 1 aromatic rings. The first-order chi connectivity index (χ1) is 9.31. The molecule has 1 aromatic heterocycles. The first-order valence-electron chi connectivity index (χ1n) is 7.44. The third-order valence-corrected chi connectivity index (χ3v) is 4.19. The van der Waals surface area contributed by atoms with Crippen molar-refractivity contribution >= 4 is 0 Å². The van der Waals surface area contributed by atoms with E-state index in [0.717, 1.165) is 57.1 Å². The third-order valence-electron chi connectivity index (χ3n) is 4.19. The van der Waals surface area contributed by atoms with Crippen LogP contribution in [0.25, 0.3) is 0 Å². The monoisotopic (exact) mass is 261 g/mol. The summed E-state index contributed by atoms with van der Waals surface area (Å²) in [7, 11) is 0. The van der Waals surface area contributed by atoms with Gasteiger partial charge in [-0.3, -0.25) is 0 Å². The molecule has 0 spiro atoms. The molecule has 1 N–H and O–H groups in total. The largest absolute Gasteiger partial charge is 0.381 e. The van der Waals surface area contributed by atoms with Crippen molar-refractivity contribution in [1.82, 2.24) is 15.3 Å². The Balaban J connectivity index is 1.74. The number of aromatic nitrogens is 2. The van der Waals surface area contributed by atoms with Gasteiger partial charge in [0, 0.05) is 36.9 Å². The number of ether oxygens (including phenoxy) is 1. The van der Waals surface area contributed by atoms with Crippen LogP contribution < -0.4 is 5.32 Å². The van der Waals surface area contributed by atoms with Crippen LogP contribution in [-0.2, 0) is 11.2 Å². The Kier molecular flexibility index (Phi) is 4.09. The van der Waals surface area contributed by atoms with Crippen LogP contribution in [0.2, 0.25) is 0 Å². The molecule has 2 saturated heterocycles. The van der Waals surface area contributed by atoms with E-state index in [1.807, 2.05) is 0 Å². The molecule has 1 atom stereocenters. The topological polar surface area (TPSA) is 47.0 Å². The van der Waals surface area contributed by atoms with E-state index in [-0.39, 0.29) is 0 Å². The highest BCUT2D eigenvalue weighted by Gasteiger charge is 2.20. The molecule has 2 fully saturated rings. The van der Waals surface area contributed by atoms with Crippen LogP contribution in [0.4, 0.5) is 0 Å². The lowest BCUT2D eigenvalue weighted by molar-refractivity contribution is 0.0844. The van der Waals surface area contributed by atoms with Crippen molar-refractivity contribution < 1.29 is 4.74 Å². The molecule has 3 heterocycles. The Labute approximate surface area is 115 Å². The standard InChI is InChI=1S/C15H23N3O/c1-11-8-14(13-3-6-19-7-4-13)18-15(17-11)9-12-2-5-16-10-12/h8,12-13,16H,2-7,9-10H2,1H3. The van der Waals surface area contributed by atoms with Crippen molar-refractivity contribution in [2.45, 2.75) is 38.5 Å². The van der Waals surface area contributed by atoms with Gasteiger partial charge >= 0.3 is 0 Å². The predicted molar refractivity (Wildman–Crippen MR) is 74.2 cm³/mol. The molecule has 0 aliphatic carbocycles. The molecular weight excluding hydrogens is 238 g/mol. The van der Waals surface area contributed by atoms with Gasteiger partial charge < -0.3 is 10.1 Å². The Hall–Kier alpha value is -1.00. The Bertz CT molecular complexity index is 423. The molecule has 4 heteroatoms. The Morgan fingerprint density at radius 3 is 2.84 bits per heavy atom. The van der Waals surface area contributed by atoms with Gasteiger partial charge in [-0.25, -0.2) is 9.97 Å². The zero-order chi connectivity index (χ0) is 13.1. The highest BCUT2D eigenvalue weighted by Crippen LogP contribution is 2.26. The second kappa shape index (κ2) is 5.97. The summed E-state index contributed by atoms with van der Waals surface area (Å²) in [5.41, 5.74) is 2.34. The Morgan fingerprint density at radius 2 is 2.11 bits per heavy atom. The van der Waals surface area contributed by atoms with Crippen molar-refractivity contribution in [1.29, 1.82) is 0 Å². The average Bonchev–Trinajstić information content (AvgIpc) is 2.92. The van der Waals surface area contributed by atoms with E-state index in [4.69, 9.17) is 9.72 Å². The molecule has 2 aliphatic heterocycles. The minimum Gasteiger partial charge on any atom is -0.381 e. The third kappa shape index (κ3) is 3.31. The molecule has 0 saturated carbocycles. The van der Waals surface area contributed by atoms with E-state index in [0.29, 0.717) is 11.8 Å². The number of hydrogen-bond acceptors (Lipinski definition) is 4. The predicted octanol–water partition coefficient (Wildman–Crippen LogP) is 1.83. The van der Waals surface area contributed by atoms with Crippen molar-refractivity contribution in [3.05, 3.63) is 23.3 Å². The van der Waals surface area contributed by atoms with Crippen molar-refractivity contribution in [2.75, 3.05) is 26.3 Å². The van der Waals surface area contributed by atoms with Crippen LogP contribution in [-0.4, -0.2) is 36.3 Å². The van der Waals surface area contributed by atoms with Crippen LogP contribution in [0.15, 0.2) is 6.07 Å². The number of nitrogens with zero attached hydrogens (tertiary/aromatic N) is 2. The van der Waals surface area contributed by atoms with E-state index in [9.17, 15) is 0 Å². The molecule has 0 aromatic carbocycles. The van der Waals surface area contributed by atoms with Gasteiger partial charge in [0.2, 0.25) is 0 Å². The fourth-order valence-corrected chi connectivity index (χ4v) is 3.10. The smallest absolute Gasteiger partial charge is 0.129 e. The fourth-order valence-electron chi connectivity index (χ4n) is 3.10. The van der Waals surface area contributed by atoms with E-state index in [2.05, 4.69) is 23.3 Å². The molecule has 0 radical (unpaired) electrons. The van der Waals surface area contributed by atoms with Crippen molar-refractivity contribution in [2.24, 2.45) is 5.92 Å². The van der Waals surface area contributed by atoms with Crippen molar-refractivity contribution in [3.63, 3.8) is 0 Å². The van der Waals surface area contributed by atoms with E-state index < -0.39 is 0 Å². The molecule has 0 amide bonds. The summed E-state index contributed by atoms with van der Waals surface area (Å²) in [6, 6.07) is 2.16. The normalized spacial score (nSPS) is 24.8. The lowest BCUT2D eigenvalue weighted by atomic mass is 9.95. The van der Waals surface area contributed by atoms with Crippen LogP contribution >= 0.6 is 0 Å². The Morgan fingerprint density at radius 1 is 1.26 bits per heavy atom. The summed E-state index contributed by atoms with van der Waals surface area (Å²) < 4.78 is 5.44. The minimum absolute atomic E-state index is 0.566. The molecule has 3 rings (SSSR count). The van der Waals surface area contributed by atoms with Gasteiger partial charge in [-0.05, 0) is 51.3 Å². The summed E-state index contributed by atoms with van der Waals surface area (Å²) >= 11 is 0. The maximum absolute atomic E-state index is 5.44. The maximum Gasteiger partial charge on any atom is 0.129 e. The minimum atomic E-state index is 0.566. The van der Waals surface area contributed by atoms with Gasteiger partial charge in [0.25, 0.3) is 0 Å².